The van der Waals surface area contributed by atoms with Crippen molar-refractivity contribution in [3.8, 4) is 12.1 Å². The molecule has 15 heavy (non-hydrogen) atoms. The van der Waals surface area contributed by atoms with E-state index < -0.39 is 0 Å². The zero-order valence-corrected chi connectivity index (χ0v) is 8.56. The van der Waals surface area contributed by atoms with E-state index >= 15 is 0 Å². The van der Waals surface area contributed by atoms with Gasteiger partial charge in [-0.05, 0) is 25.0 Å². The van der Waals surface area contributed by atoms with E-state index in [4.69, 9.17) is 10.5 Å². The van der Waals surface area contributed by atoms with E-state index in [-0.39, 0.29) is 12.0 Å². The lowest BCUT2D eigenvalue weighted by molar-refractivity contribution is 0.289. The molecule has 0 aromatic carbocycles. The second kappa shape index (κ2) is 4.19. The smallest absolute Gasteiger partial charge is 0.120 e. The van der Waals surface area contributed by atoms with Crippen LogP contribution in [-0.4, -0.2) is 4.57 Å². The van der Waals surface area contributed by atoms with Gasteiger partial charge in [0, 0.05) is 6.20 Å². The van der Waals surface area contributed by atoms with Gasteiger partial charge in [-0.3, -0.25) is 0 Å². The third-order valence-electron chi connectivity index (χ3n) is 3.15. The van der Waals surface area contributed by atoms with Crippen molar-refractivity contribution in [2.75, 3.05) is 0 Å². The molecule has 0 spiro atoms. The molecule has 0 amide bonds. The molecule has 1 heterocycles. The molecular weight excluding hydrogens is 186 g/mol. The summed E-state index contributed by atoms with van der Waals surface area (Å²) in [7, 11) is 0. The summed E-state index contributed by atoms with van der Waals surface area (Å²) in [6, 6.07) is 8.42. The van der Waals surface area contributed by atoms with Crippen LogP contribution in [-0.2, 0) is 0 Å². The SMILES string of the molecule is N#Cc1cccn1C1CCCCC1C#N. The number of rotatable bonds is 1. The summed E-state index contributed by atoms with van der Waals surface area (Å²) < 4.78 is 1.97. The van der Waals surface area contributed by atoms with Gasteiger partial charge >= 0.3 is 0 Å². The molecule has 1 fully saturated rings. The van der Waals surface area contributed by atoms with Crippen molar-refractivity contribution in [3.63, 3.8) is 0 Å². The van der Waals surface area contributed by atoms with Gasteiger partial charge < -0.3 is 4.57 Å². The zero-order valence-electron chi connectivity index (χ0n) is 8.56. The molecule has 0 bridgehead atoms. The first-order valence-electron chi connectivity index (χ1n) is 5.33. The fourth-order valence-corrected chi connectivity index (χ4v) is 2.37. The number of hydrogen-bond acceptors (Lipinski definition) is 2. The van der Waals surface area contributed by atoms with Gasteiger partial charge in [-0.15, -0.1) is 0 Å². The second-order valence-corrected chi connectivity index (χ2v) is 4.00. The zero-order chi connectivity index (χ0) is 10.7. The Bertz CT molecular complexity index is 419. The summed E-state index contributed by atoms with van der Waals surface area (Å²) >= 11 is 0. The Morgan fingerprint density at radius 2 is 2.07 bits per heavy atom. The minimum atomic E-state index is 0.0678. The van der Waals surface area contributed by atoms with Crippen LogP contribution in [0.3, 0.4) is 0 Å². The van der Waals surface area contributed by atoms with Gasteiger partial charge in [-0.2, -0.15) is 10.5 Å². The lowest BCUT2D eigenvalue weighted by Crippen LogP contribution is -2.22. The fourth-order valence-electron chi connectivity index (χ4n) is 2.37. The summed E-state index contributed by atoms with van der Waals surface area (Å²) in [5, 5.41) is 18.0. The van der Waals surface area contributed by atoms with Gasteiger partial charge in [0.05, 0.1) is 18.0 Å². The molecular formula is C12H13N3. The Balaban J connectivity index is 2.29. The highest BCUT2D eigenvalue weighted by molar-refractivity contribution is 5.23. The van der Waals surface area contributed by atoms with Crippen molar-refractivity contribution in [1.82, 2.24) is 4.57 Å². The normalized spacial score (nSPS) is 25.5. The molecule has 1 saturated carbocycles. The molecule has 0 saturated heterocycles. The fraction of sp³-hybridized carbons (Fsp3) is 0.500. The summed E-state index contributed by atoms with van der Waals surface area (Å²) in [6.45, 7) is 0. The van der Waals surface area contributed by atoms with Crippen molar-refractivity contribution in [2.45, 2.75) is 31.7 Å². The highest BCUT2D eigenvalue weighted by Crippen LogP contribution is 2.34. The molecule has 1 aromatic rings. The first kappa shape index (κ1) is 9.80. The van der Waals surface area contributed by atoms with Crippen molar-refractivity contribution in [1.29, 1.82) is 10.5 Å². The Morgan fingerprint density at radius 1 is 1.27 bits per heavy atom. The molecule has 3 nitrogen and oxygen atoms in total. The summed E-state index contributed by atoms with van der Waals surface area (Å²) in [6.07, 6.45) is 6.19. The van der Waals surface area contributed by atoms with Crippen LogP contribution < -0.4 is 0 Å². The Hall–Kier alpha value is -1.74. The highest BCUT2D eigenvalue weighted by atomic mass is 15.0. The van der Waals surface area contributed by atoms with Crippen LogP contribution in [0.4, 0.5) is 0 Å². The lowest BCUT2D eigenvalue weighted by Gasteiger charge is -2.28. The maximum absolute atomic E-state index is 9.08. The van der Waals surface area contributed by atoms with Gasteiger partial charge in [-0.1, -0.05) is 12.8 Å². The van der Waals surface area contributed by atoms with Crippen molar-refractivity contribution < 1.29 is 0 Å². The van der Waals surface area contributed by atoms with E-state index in [2.05, 4.69) is 12.1 Å². The highest BCUT2D eigenvalue weighted by Gasteiger charge is 2.27. The van der Waals surface area contributed by atoms with Crippen molar-refractivity contribution >= 4 is 0 Å². The average molecular weight is 199 g/mol. The second-order valence-electron chi connectivity index (χ2n) is 4.00. The molecule has 1 aliphatic rings. The topological polar surface area (TPSA) is 52.5 Å². The summed E-state index contributed by atoms with van der Waals surface area (Å²) in [4.78, 5) is 0. The number of aromatic nitrogens is 1. The van der Waals surface area contributed by atoms with Crippen LogP contribution >= 0.6 is 0 Å². The summed E-state index contributed by atoms with van der Waals surface area (Å²) in [5.41, 5.74) is 0.669. The molecule has 76 valence electrons. The van der Waals surface area contributed by atoms with Crippen LogP contribution in [0, 0.1) is 28.6 Å². The van der Waals surface area contributed by atoms with E-state index in [9.17, 15) is 0 Å². The molecule has 2 unspecified atom stereocenters. The number of hydrogen-bond donors (Lipinski definition) is 0. The van der Waals surface area contributed by atoms with E-state index in [1.54, 1.807) is 0 Å². The van der Waals surface area contributed by atoms with Crippen LogP contribution in [0.15, 0.2) is 18.3 Å². The molecule has 2 rings (SSSR count). The van der Waals surface area contributed by atoms with Crippen LogP contribution in [0.1, 0.15) is 37.4 Å². The standard InChI is InChI=1S/C12H13N3/c13-8-10-4-1-2-6-12(10)15-7-3-5-11(15)9-14/h3,5,7,10,12H,1-2,4,6H2. The predicted molar refractivity (Wildman–Crippen MR) is 55.8 cm³/mol. The third kappa shape index (κ3) is 1.74. The first-order valence-corrected chi connectivity index (χ1v) is 5.33. The molecule has 0 N–H and O–H groups in total. The maximum atomic E-state index is 9.08. The Labute approximate surface area is 89.5 Å². The van der Waals surface area contributed by atoms with E-state index in [1.807, 2.05) is 22.9 Å². The molecule has 0 radical (unpaired) electrons. The first-order chi connectivity index (χ1) is 7.36. The average Bonchev–Trinajstić information content (AvgIpc) is 2.76. The van der Waals surface area contributed by atoms with Crippen molar-refractivity contribution in [2.24, 2.45) is 5.92 Å². The summed E-state index contributed by atoms with van der Waals surface area (Å²) in [5.74, 6) is 0.0678. The quantitative estimate of drug-likeness (QED) is 0.698. The Morgan fingerprint density at radius 3 is 2.80 bits per heavy atom. The van der Waals surface area contributed by atoms with Gasteiger partial charge in [0.2, 0.25) is 0 Å². The van der Waals surface area contributed by atoms with Gasteiger partial charge in [0.15, 0.2) is 0 Å². The van der Waals surface area contributed by atoms with Crippen LogP contribution in [0.2, 0.25) is 0 Å². The van der Waals surface area contributed by atoms with Gasteiger partial charge in [0.25, 0.3) is 0 Å². The van der Waals surface area contributed by atoms with E-state index in [0.29, 0.717) is 5.69 Å². The van der Waals surface area contributed by atoms with Gasteiger partial charge in [-0.25, -0.2) is 0 Å². The largest absolute Gasteiger partial charge is 0.335 e. The van der Waals surface area contributed by atoms with Crippen LogP contribution in [0.5, 0.6) is 0 Å². The van der Waals surface area contributed by atoms with E-state index in [1.165, 1.54) is 0 Å². The number of nitrogens with zero attached hydrogens (tertiary/aromatic N) is 3. The van der Waals surface area contributed by atoms with Crippen LogP contribution in [0.25, 0.3) is 0 Å². The minimum absolute atomic E-state index is 0.0678. The van der Waals surface area contributed by atoms with Crippen molar-refractivity contribution in [3.05, 3.63) is 24.0 Å². The molecule has 2 atom stereocenters. The van der Waals surface area contributed by atoms with E-state index in [0.717, 1.165) is 25.7 Å². The Kier molecular flexibility index (Phi) is 2.74. The monoisotopic (exact) mass is 199 g/mol. The molecule has 0 aliphatic heterocycles. The maximum Gasteiger partial charge on any atom is 0.120 e. The third-order valence-corrected chi connectivity index (χ3v) is 3.15. The molecule has 3 heteroatoms. The van der Waals surface area contributed by atoms with Gasteiger partial charge in [0.1, 0.15) is 11.8 Å². The molecule has 1 aromatic heterocycles. The lowest BCUT2D eigenvalue weighted by atomic mass is 9.85. The number of nitriles is 2. The predicted octanol–water partition coefficient (Wildman–Crippen LogP) is 2.61. The molecule has 1 aliphatic carbocycles. The minimum Gasteiger partial charge on any atom is -0.335 e.